The third-order valence-electron chi connectivity index (χ3n) is 3.96. The summed E-state index contributed by atoms with van der Waals surface area (Å²) in [5.74, 6) is -1.24. The molecule has 0 atom stereocenters. The van der Waals surface area contributed by atoms with E-state index in [0.29, 0.717) is 28.6 Å². The molecule has 0 fully saturated rings. The van der Waals surface area contributed by atoms with E-state index in [1.165, 1.54) is 6.21 Å². The lowest BCUT2D eigenvalue weighted by molar-refractivity contribution is -0.139. The number of nitrogens with zero attached hydrogens (tertiary/aromatic N) is 1. The SMILES string of the molecule is Cc1ccc(Cl)cc1NC(=O)COc1cccc(/C=N\NC(=O)C(=O)NCC(C)C)c1. The van der Waals surface area contributed by atoms with Crippen molar-refractivity contribution in [3.05, 3.63) is 58.6 Å². The van der Waals surface area contributed by atoms with E-state index in [-0.39, 0.29) is 18.4 Å². The standard InChI is InChI=1S/C22H25ClN4O4/c1-14(2)11-24-21(29)22(30)27-25-12-16-5-4-6-18(9-16)31-13-20(28)26-19-10-17(23)8-7-15(19)3/h4-10,12,14H,11,13H2,1-3H3,(H,24,29)(H,26,28)(H,27,30)/b25-12-. The Kier molecular flexibility index (Phi) is 9.02. The first-order valence-corrected chi connectivity index (χ1v) is 10.0. The van der Waals surface area contributed by atoms with Crippen LogP contribution in [0.5, 0.6) is 5.75 Å². The van der Waals surface area contributed by atoms with Crippen LogP contribution in [0.1, 0.15) is 25.0 Å². The van der Waals surface area contributed by atoms with Crippen molar-refractivity contribution in [3.63, 3.8) is 0 Å². The molecular formula is C22H25ClN4O4. The summed E-state index contributed by atoms with van der Waals surface area (Å²) in [5.41, 5.74) is 4.29. The van der Waals surface area contributed by atoms with Crippen LogP contribution in [-0.4, -0.2) is 37.1 Å². The highest BCUT2D eigenvalue weighted by molar-refractivity contribution is 6.35. The van der Waals surface area contributed by atoms with E-state index in [2.05, 4.69) is 21.2 Å². The minimum Gasteiger partial charge on any atom is -0.484 e. The van der Waals surface area contributed by atoms with E-state index in [0.717, 1.165) is 5.56 Å². The van der Waals surface area contributed by atoms with Crippen molar-refractivity contribution >= 4 is 41.2 Å². The number of ether oxygens (including phenoxy) is 1. The zero-order valence-electron chi connectivity index (χ0n) is 17.6. The zero-order valence-corrected chi connectivity index (χ0v) is 18.3. The molecule has 0 heterocycles. The summed E-state index contributed by atoms with van der Waals surface area (Å²) >= 11 is 5.95. The molecule has 9 heteroatoms. The van der Waals surface area contributed by atoms with Gasteiger partial charge in [-0.3, -0.25) is 14.4 Å². The molecule has 31 heavy (non-hydrogen) atoms. The summed E-state index contributed by atoms with van der Waals surface area (Å²) in [4.78, 5) is 35.4. The summed E-state index contributed by atoms with van der Waals surface area (Å²) in [7, 11) is 0. The third-order valence-corrected chi connectivity index (χ3v) is 4.19. The van der Waals surface area contributed by atoms with Crippen LogP contribution in [0.4, 0.5) is 5.69 Å². The van der Waals surface area contributed by atoms with Crippen LogP contribution in [0, 0.1) is 12.8 Å². The second-order valence-electron chi connectivity index (χ2n) is 7.17. The first-order chi connectivity index (χ1) is 14.7. The van der Waals surface area contributed by atoms with Gasteiger partial charge in [-0.15, -0.1) is 0 Å². The number of benzene rings is 2. The van der Waals surface area contributed by atoms with Crippen molar-refractivity contribution in [1.82, 2.24) is 10.7 Å². The number of anilines is 1. The Labute approximate surface area is 186 Å². The molecule has 3 amide bonds. The van der Waals surface area contributed by atoms with Gasteiger partial charge in [-0.05, 0) is 48.2 Å². The van der Waals surface area contributed by atoms with Gasteiger partial charge in [0.15, 0.2) is 6.61 Å². The normalized spacial score (nSPS) is 10.7. The van der Waals surface area contributed by atoms with E-state index >= 15 is 0 Å². The summed E-state index contributed by atoms with van der Waals surface area (Å²) in [6.07, 6.45) is 1.37. The van der Waals surface area contributed by atoms with Crippen LogP contribution < -0.4 is 20.8 Å². The highest BCUT2D eigenvalue weighted by Crippen LogP contribution is 2.20. The highest BCUT2D eigenvalue weighted by atomic mass is 35.5. The summed E-state index contributed by atoms with van der Waals surface area (Å²) in [5, 5.41) is 9.54. The molecule has 164 valence electrons. The Morgan fingerprint density at radius 3 is 2.65 bits per heavy atom. The molecule has 0 unspecified atom stereocenters. The molecule has 0 aliphatic heterocycles. The summed E-state index contributed by atoms with van der Waals surface area (Å²) in [6.45, 7) is 5.92. The fourth-order valence-corrected chi connectivity index (χ4v) is 2.51. The number of hydrogen-bond donors (Lipinski definition) is 3. The van der Waals surface area contributed by atoms with Gasteiger partial charge in [-0.2, -0.15) is 5.10 Å². The largest absolute Gasteiger partial charge is 0.484 e. The lowest BCUT2D eigenvalue weighted by Crippen LogP contribution is -2.39. The number of halogens is 1. The predicted molar refractivity (Wildman–Crippen MR) is 120 cm³/mol. The van der Waals surface area contributed by atoms with Crippen LogP contribution in [0.2, 0.25) is 5.02 Å². The molecule has 0 bridgehead atoms. The maximum absolute atomic E-state index is 12.1. The van der Waals surface area contributed by atoms with Gasteiger partial charge in [0.05, 0.1) is 6.21 Å². The van der Waals surface area contributed by atoms with Crippen LogP contribution in [0.3, 0.4) is 0 Å². The van der Waals surface area contributed by atoms with Crippen LogP contribution in [0.15, 0.2) is 47.6 Å². The van der Waals surface area contributed by atoms with Crippen LogP contribution >= 0.6 is 11.6 Å². The van der Waals surface area contributed by atoms with Crippen LogP contribution in [0.25, 0.3) is 0 Å². The van der Waals surface area contributed by atoms with Crippen molar-refractivity contribution in [1.29, 1.82) is 0 Å². The molecule has 2 aromatic carbocycles. The maximum atomic E-state index is 12.1. The van der Waals surface area contributed by atoms with E-state index in [9.17, 15) is 14.4 Å². The highest BCUT2D eigenvalue weighted by Gasteiger charge is 2.12. The van der Waals surface area contributed by atoms with E-state index in [1.807, 2.05) is 26.8 Å². The Hall–Kier alpha value is -3.39. The molecule has 8 nitrogen and oxygen atoms in total. The second kappa shape index (κ2) is 11.7. The Morgan fingerprint density at radius 1 is 1.13 bits per heavy atom. The molecule has 0 aliphatic carbocycles. The van der Waals surface area contributed by atoms with E-state index in [4.69, 9.17) is 16.3 Å². The van der Waals surface area contributed by atoms with Gasteiger partial charge in [-0.1, -0.05) is 43.6 Å². The Balaban J connectivity index is 1.85. The number of aryl methyl sites for hydroxylation is 1. The van der Waals surface area contributed by atoms with Gasteiger partial charge < -0.3 is 15.4 Å². The monoisotopic (exact) mass is 444 g/mol. The van der Waals surface area contributed by atoms with Gasteiger partial charge in [0.25, 0.3) is 5.91 Å². The Bertz CT molecular complexity index is 976. The molecule has 0 radical (unpaired) electrons. The number of carbonyl (C=O) groups excluding carboxylic acids is 3. The third kappa shape index (κ3) is 8.47. The lowest BCUT2D eigenvalue weighted by Gasteiger charge is -2.10. The van der Waals surface area contributed by atoms with Crippen molar-refractivity contribution in [3.8, 4) is 5.75 Å². The number of hydrazone groups is 1. The van der Waals surface area contributed by atoms with E-state index in [1.54, 1.807) is 36.4 Å². The van der Waals surface area contributed by atoms with Gasteiger partial charge >= 0.3 is 11.8 Å². The molecule has 0 aliphatic rings. The number of hydrogen-bond acceptors (Lipinski definition) is 5. The number of rotatable bonds is 8. The quantitative estimate of drug-likeness (QED) is 0.330. The van der Waals surface area contributed by atoms with Gasteiger partial charge in [0.2, 0.25) is 0 Å². The first-order valence-electron chi connectivity index (χ1n) is 9.64. The smallest absolute Gasteiger partial charge is 0.329 e. The van der Waals surface area contributed by atoms with Crippen molar-refractivity contribution in [2.45, 2.75) is 20.8 Å². The van der Waals surface area contributed by atoms with Gasteiger partial charge in [0.1, 0.15) is 5.75 Å². The van der Waals surface area contributed by atoms with Crippen molar-refractivity contribution in [2.24, 2.45) is 11.0 Å². The van der Waals surface area contributed by atoms with Gasteiger partial charge in [-0.25, -0.2) is 5.43 Å². The van der Waals surface area contributed by atoms with Crippen molar-refractivity contribution < 1.29 is 19.1 Å². The average Bonchev–Trinajstić information content (AvgIpc) is 2.73. The fourth-order valence-electron chi connectivity index (χ4n) is 2.34. The molecule has 0 saturated carbocycles. The summed E-state index contributed by atoms with van der Waals surface area (Å²) in [6, 6.07) is 12.0. The fraction of sp³-hybridized carbons (Fsp3) is 0.273. The molecule has 0 saturated heterocycles. The lowest BCUT2D eigenvalue weighted by atomic mass is 10.2. The molecule has 3 N–H and O–H groups in total. The molecule has 2 aromatic rings. The summed E-state index contributed by atoms with van der Waals surface area (Å²) < 4.78 is 5.51. The molecular weight excluding hydrogens is 420 g/mol. The Morgan fingerprint density at radius 2 is 1.90 bits per heavy atom. The van der Waals surface area contributed by atoms with Crippen LogP contribution in [-0.2, 0) is 14.4 Å². The average molecular weight is 445 g/mol. The topological polar surface area (TPSA) is 109 Å². The predicted octanol–water partition coefficient (Wildman–Crippen LogP) is 2.89. The maximum Gasteiger partial charge on any atom is 0.329 e. The molecule has 2 rings (SSSR count). The number of carbonyl (C=O) groups is 3. The zero-order chi connectivity index (χ0) is 22.8. The molecule has 0 spiro atoms. The van der Waals surface area contributed by atoms with Crippen molar-refractivity contribution in [2.75, 3.05) is 18.5 Å². The van der Waals surface area contributed by atoms with Gasteiger partial charge in [0, 0.05) is 17.3 Å². The van der Waals surface area contributed by atoms with E-state index < -0.39 is 11.8 Å². The minimum atomic E-state index is -0.850. The number of nitrogens with one attached hydrogen (secondary N) is 3. The second-order valence-corrected chi connectivity index (χ2v) is 7.61. The minimum absolute atomic E-state index is 0.195. The molecule has 0 aromatic heterocycles. The number of amides is 3. The first kappa shape index (κ1) is 23.9.